The van der Waals surface area contributed by atoms with Gasteiger partial charge in [0.2, 0.25) is 5.91 Å². The van der Waals surface area contributed by atoms with Crippen LogP contribution in [0.4, 0.5) is 10.5 Å². The topological polar surface area (TPSA) is 122 Å². The van der Waals surface area contributed by atoms with E-state index in [1.165, 1.54) is 6.92 Å². The summed E-state index contributed by atoms with van der Waals surface area (Å²) in [5.74, 6) is -0.600. The molecule has 1 aromatic rings. The van der Waals surface area contributed by atoms with Crippen molar-refractivity contribution < 1.29 is 22.8 Å². The van der Waals surface area contributed by atoms with Crippen LogP contribution in [-0.4, -0.2) is 26.1 Å². The molecule has 0 bridgehead atoms. The number of nitrogens with zero attached hydrogens (tertiary/aromatic N) is 2. The number of carbonyl (C=O) groups is 3. The van der Waals surface area contributed by atoms with Crippen LogP contribution in [0.5, 0.6) is 0 Å². The van der Waals surface area contributed by atoms with Gasteiger partial charge in [-0.25, -0.2) is 4.79 Å². The van der Waals surface area contributed by atoms with Crippen molar-refractivity contribution in [3.63, 3.8) is 0 Å². The number of anilines is 1. The summed E-state index contributed by atoms with van der Waals surface area (Å²) in [5, 5.41) is 3.46. The molecule has 9 heteroatoms. The molecule has 1 N–H and O–H groups in total. The van der Waals surface area contributed by atoms with E-state index < -0.39 is 23.5 Å². The van der Waals surface area contributed by atoms with Gasteiger partial charge in [-0.1, -0.05) is 0 Å². The first-order chi connectivity index (χ1) is 9.46. The maximum Gasteiger partial charge on any atom is 0.368 e. The second kappa shape index (κ2) is 7.14. The Morgan fingerprint density at radius 2 is 1.80 bits per heavy atom. The zero-order chi connectivity index (χ0) is 15.1. The van der Waals surface area contributed by atoms with Crippen molar-refractivity contribution in [3.05, 3.63) is 28.9 Å². The normalized spacial score (nSPS) is 11.2. The molecule has 0 saturated heterocycles. The molecule has 104 valence electrons. The average molecular weight is 295 g/mol. The van der Waals surface area contributed by atoms with E-state index in [-0.39, 0.29) is 12.2 Å². The predicted octanol–water partition coefficient (Wildman–Crippen LogP) is -0.693. The summed E-state index contributed by atoms with van der Waals surface area (Å²) in [6.07, 6.45) is -0.169. The van der Waals surface area contributed by atoms with Crippen LogP contribution in [0.2, 0.25) is 0 Å². The Kier molecular flexibility index (Phi) is 5.54. The molecule has 0 radical (unpaired) electrons. The standard InChI is InChI=1S/C11H9N3O3.O2S/c1-6(15)4-10(16)12-7-2-3-8-9(5-7)14-11(17)13-8;1-3-2/h2-3,5H,4H2,1H3,(H,12,16);. The van der Waals surface area contributed by atoms with Crippen LogP contribution in [0.3, 0.4) is 0 Å². The van der Waals surface area contributed by atoms with Gasteiger partial charge in [-0.2, -0.15) is 18.4 Å². The highest BCUT2D eigenvalue weighted by atomic mass is 32.1. The minimum absolute atomic E-state index is 0.169. The number of hydrogen-bond donors (Lipinski definition) is 1. The number of hydrogen-bond acceptors (Lipinski definition) is 5. The fourth-order valence-corrected chi connectivity index (χ4v) is 1.45. The molecule has 1 heterocycles. The van der Waals surface area contributed by atoms with Crippen LogP contribution >= 0.6 is 0 Å². The van der Waals surface area contributed by atoms with Gasteiger partial charge in [-0.05, 0) is 25.1 Å². The molecule has 20 heavy (non-hydrogen) atoms. The van der Waals surface area contributed by atoms with Gasteiger partial charge in [0.1, 0.15) is 5.78 Å². The Morgan fingerprint density at radius 3 is 2.40 bits per heavy atom. The summed E-state index contributed by atoms with van der Waals surface area (Å²) >= 11 is -0.750. The van der Waals surface area contributed by atoms with Gasteiger partial charge in [-0.3, -0.25) is 9.59 Å². The number of fused-ring (bicyclic) bond motifs is 1. The first-order valence-corrected chi connectivity index (χ1v) is 5.95. The smallest absolute Gasteiger partial charge is 0.326 e. The summed E-state index contributed by atoms with van der Waals surface area (Å²) in [6.45, 7) is 1.34. The van der Waals surface area contributed by atoms with Crippen LogP contribution in [0.25, 0.3) is 0 Å². The maximum atomic E-state index is 11.3. The highest BCUT2D eigenvalue weighted by Gasteiger charge is 2.08. The Hall–Kier alpha value is -2.55. The summed E-state index contributed by atoms with van der Waals surface area (Å²) in [6, 6.07) is 4.19. The molecule has 3 amide bonds. The number of ketones is 1. The van der Waals surface area contributed by atoms with E-state index in [4.69, 9.17) is 8.42 Å². The lowest BCUT2D eigenvalue weighted by Crippen LogP contribution is -2.23. The lowest BCUT2D eigenvalue weighted by molar-refractivity contribution is -0.124. The molecule has 0 spiro atoms. The number of rotatable bonds is 3. The largest absolute Gasteiger partial charge is 0.368 e. The van der Waals surface area contributed by atoms with E-state index in [0.29, 0.717) is 16.4 Å². The quantitative estimate of drug-likeness (QED) is 0.739. The Morgan fingerprint density at radius 1 is 1.20 bits per heavy atom. The number of amides is 3. The van der Waals surface area contributed by atoms with Crippen LogP contribution in [0.1, 0.15) is 13.3 Å². The summed E-state index contributed by atoms with van der Waals surface area (Å²) in [4.78, 5) is 40.3. The fourth-order valence-electron chi connectivity index (χ4n) is 1.45. The van der Waals surface area contributed by atoms with Gasteiger partial charge in [0.05, 0.1) is 17.1 Å². The van der Waals surface area contributed by atoms with Crippen LogP contribution < -0.4 is 16.0 Å². The highest BCUT2D eigenvalue weighted by molar-refractivity contribution is 7.51. The number of Topliss-reactive ketones (excluding diaryl/α,β-unsaturated/α-hetero) is 1. The molecule has 0 fully saturated rings. The molecule has 1 aromatic carbocycles. The third kappa shape index (κ3) is 4.61. The second-order valence-electron chi connectivity index (χ2n) is 3.70. The first kappa shape index (κ1) is 15.5. The molecular formula is C11H9N3O5S. The molecule has 0 aliphatic carbocycles. The summed E-state index contributed by atoms with van der Waals surface area (Å²) in [7, 11) is 0. The molecule has 0 atom stereocenters. The Bertz CT molecular complexity index is 722. The lowest BCUT2D eigenvalue weighted by Gasteiger charge is -2.02. The minimum atomic E-state index is -0.750. The monoisotopic (exact) mass is 295 g/mol. The molecule has 0 unspecified atom stereocenters. The van der Waals surface area contributed by atoms with Crippen LogP contribution in [0, 0.1) is 0 Å². The van der Waals surface area contributed by atoms with Crippen molar-refractivity contribution in [1.29, 1.82) is 0 Å². The van der Waals surface area contributed by atoms with Gasteiger partial charge >= 0.3 is 17.6 Å². The third-order valence-electron chi connectivity index (χ3n) is 2.10. The van der Waals surface area contributed by atoms with Crippen molar-refractivity contribution in [2.24, 2.45) is 9.98 Å². The molecule has 2 rings (SSSR count). The second-order valence-corrected chi connectivity index (χ2v) is 3.84. The molecular weight excluding hydrogens is 286 g/mol. The number of carbonyl (C=O) groups excluding carboxylic acids is 3. The van der Waals surface area contributed by atoms with Crippen molar-refractivity contribution in [2.45, 2.75) is 13.3 Å². The van der Waals surface area contributed by atoms with E-state index in [1.807, 2.05) is 0 Å². The SMILES string of the molecule is CC(=O)CC(=O)Nc1ccc2c(c1)=NC(=O)N=2.O=S=O. The molecule has 0 saturated carbocycles. The van der Waals surface area contributed by atoms with E-state index >= 15 is 0 Å². The summed E-state index contributed by atoms with van der Waals surface area (Å²) in [5.41, 5.74) is 0.489. The van der Waals surface area contributed by atoms with Crippen molar-refractivity contribution in [1.82, 2.24) is 0 Å². The van der Waals surface area contributed by atoms with Gasteiger partial charge in [0.15, 0.2) is 0 Å². The van der Waals surface area contributed by atoms with Crippen LogP contribution in [0.15, 0.2) is 28.2 Å². The lowest BCUT2D eigenvalue weighted by atomic mass is 10.2. The van der Waals surface area contributed by atoms with Crippen molar-refractivity contribution in [2.75, 3.05) is 5.32 Å². The Balaban J connectivity index is 0.000000612. The van der Waals surface area contributed by atoms with Gasteiger partial charge in [-0.15, -0.1) is 0 Å². The first-order valence-electron chi connectivity index (χ1n) is 5.29. The van der Waals surface area contributed by atoms with Gasteiger partial charge < -0.3 is 5.32 Å². The van der Waals surface area contributed by atoms with E-state index in [2.05, 4.69) is 15.3 Å². The van der Waals surface area contributed by atoms with Gasteiger partial charge in [0, 0.05) is 5.69 Å². The predicted molar refractivity (Wildman–Crippen MR) is 67.0 cm³/mol. The van der Waals surface area contributed by atoms with Crippen molar-refractivity contribution >= 4 is 35.0 Å². The highest BCUT2D eigenvalue weighted by Crippen LogP contribution is 2.02. The summed E-state index contributed by atoms with van der Waals surface area (Å²) < 4.78 is 16.6. The molecule has 1 aliphatic heterocycles. The number of benzene rings is 1. The van der Waals surface area contributed by atoms with Crippen LogP contribution in [-0.2, 0) is 21.2 Å². The molecule has 1 aliphatic rings. The van der Waals surface area contributed by atoms with E-state index in [0.717, 1.165) is 0 Å². The van der Waals surface area contributed by atoms with E-state index in [9.17, 15) is 14.4 Å². The molecule has 0 aromatic heterocycles. The van der Waals surface area contributed by atoms with E-state index in [1.54, 1.807) is 18.2 Å². The zero-order valence-corrected chi connectivity index (χ0v) is 11.1. The maximum absolute atomic E-state index is 11.3. The number of nitrogens with one attached hydrogen (secondary N) is 1. The molecule has 8 nitrogen and oxygen atoms in total. The fraction of sp³-hybridized carbons (Fsp3) is 0.182. The minimum Gasteiger partial charge on any atom is -0.326 e. The average Bonchev–Trinajstić information content (AvgIpc) is 2.68. The zero-order valence-electron chi connectivity index (χ0n) is 10.3. The van der Waals surface area contributed by atoms with Gasteiger partial charge in [0.25, 0.3) is 0 Å². The Labute approximate surface area is 116 Å². The number of urea groups is 1. The third-order valence-corrected chi connectivity index (χ3v) is 2.10. The van der Waals surface area contributed by atoms with Crippen molar-refractivity contribution in [3.8, 4) is 0 Å².